The predicted octanol–water partition coefficient (Wildman–Crippen LogP) is 5.34. The van der Waals surface area contributed by atoms with Gasteiger partial charge >= 0.3 is 6.09 Å². The molecule has 0 radical (unpaired) electrons. The van der Waals surface area contributed by atoms with Crippen LogP contribution in [-0.2, 0) is 22.4 Å². The second kappa shape index (κ2) is 10.1. The quantitative estimate of drug-likeness (QED) is 0.489. The first kappa shape index (κ1) is 23.5. The minimum Gasteiger partial charge on any atom is -0.466 e. The van der Waals surface area contributed by atoms with Crippen LogP contribution < -0.4 is 10.2 Å². The van der Waals surface area contributed by atoms with Crippen molar-refractivity contribution in [1.29, 1.82) is 0 Å². The highest BCUT2D eigenvalue weighted by atomic mass is 19.1. The summed E-state index contributed by atoms with van der Waals surface area (Å²) in [5.74, 6) is 1.38. The average molecular weight is 465 g/mol. The summed E-state index contributed by atoms with van der Waals surface area (Å²) in [6, 6.07) is 14.7. The molecular formula is C27H29FN2O4. The second-order valence-corrected chi connectivity index (χ2v) is 8.72. The number of ether oxygens (including phenoxy) is 1. The smallest absolute Gasteiger partial charge is 0.414 e. The van der Waals surface area contributed by atoms with E-state index in [0.29, 0.717) is 11.3 Å². The molecule has 2 heterocycles. The van der Waals surface area contributed by atoms with Crippen molar-refractivity contribution in [2.75, 3.05) is 18.0 Å². The average Bonchev–Trinajstić information content (AvgIpc) is 3.33. The Morgan fingerprint density at radius 2 is 1.88 bits per heavy atom. The molecule has 0 bridgehead atoms. The lowest BCUT2D eigenvalue weighted by atomic mass is 10.0. The van der Waals surface area contributed by atoms with Crippen LogP contribution in [0.5, 0.6) is 0 Å². The summed E-state index contributed by atoms with van der Waals surface area (Å²) in [6.45, 7) is 5.91. The number of anilines is 1. The van der Waals surface area contributed by atoms with Crippen LogP contribution in [0.1, 0.15) is 36.0 Å². The van der Waals surface area contributed by atoms with E-state index in [0.717, 1.165) is 36.3 Å². The summed E-state index contributed by atoms with van der Waals surface area (Å²) >= 11 is 0. The molecule has 1 aromatic heterocycles. The Hall–Kier alpha value is -3.61. The molecule has 6 nitrogen and oxygen atoms in total. The molecule has 7 heteroatoms. The topological polar surface area (TPSA) is 71.8 Å². The lowest BCUT2D eigenvalue weighted by molar-refractivity contribution is -0.119. The standard InChI is InChI=1S/C27H29FN2O4/c1-17-13-23(33-18(17)2)6-4-5-20-7-9-21(10-8-20)25-12-11-22(14-26(25)28)30-16-24(34-27(30)32)15-29-19(3)31/h7-14,24H,4-6,15-16H2,1-3H3,(H,29,31)/t24-/m0/s1. The molecule has 1 fully saturated rings. The summed E-state index contributed by atoms with van der Waals surface area (Å²) < 4.78 is 25.9. The molecule has 0 aliphatic carbocycles. The van der Waals surface area contributed by atoms with Crippen LogP contribution in [-0.4, -0.2) is 31.2 Å². The molecular weight excluding hydrogens is 435 g/mol. The van der Waals surface area contributed by atoms with E-state index in [1.165, 1.54) is 29.0 Å². The Bertz CT molecular complexity index is 1170. The van der Waals surface area contributed by atoms with Gasteiger partial charge in [0.05, 0.1) is 18.8 Å². The highest BCUT2D eigenvalue weighted by Gasteiger charge is 2.32. The molecule has 178 valence electrons. The minimum absolute atomic E-state index is 0.196. The summed E-state index contributed by atoms with van der Waals surface area (Å²) in [5.41, 5.74) is 4.04. The maximum Gasteiger partial charge on any atom is 0.414 e. The number of furan rings is 1. The van der Waals surface area contributed by atoms with Gasteiger partial charge in [-0.2, -0.15) is 0 Å². The summed E-state index contributed by atoms with van der Waals surface area (Å²) in [6.07, 6.45) is 1.76. The van der Waals surface area contributed by atoms with Gasteiger partial charge in [-0.3, -0.25) is 9.69 Å². The lowest BCUT2D eigenvalue weighted by Crippen LogP contribution is -2.33. The zero-order valence-electron chi connectivity index (χ0n) is 19.7. The van der Waals surface area contributed by atoms with E-state index < -0.39 is 18.0 Å². The number of aryl methyl sites for hydroxylation is 4. The molecule has 0 saturated carbocycles. The maximum absolute atomic E-state index is 14.9. The van der Waals surface area contributed by atoms with Gasteiger partial charge in [-0.1, -0.05) is 24.3 Å². The highest BCUT2D eigenvalue weighted by molar-refractivity contribution is 5.90. The van der Waals surface area contributed by atoms with Crippen LogP contribution in [0.25, 0.3) is 11.1 Å². The predicted molar refractivity (Wildman–Crippen MR) is 128 cm³/mol. The Morgan fingerprint density at radius 3 is 2.53 bits per heavy atom. The van der Waals surface area contributed by atoms with Crippen LogP contribution in [0.15, 0.2) is 52.9 Å². The number of carbonyl (C=O) groups excluding carboxylic acids is 2. The van der Waals surface area contributed by atoms with Crippen LogP contribution in [0, 0.1) is 19.7 Å². The maximum atomic E-state index is 14.9. The molecule has 0 spiro atoms. The van der Waals surface area contributed by atoms with Gasteiger partial charge in [-0.15, -0.1) is 0 Å². The molecule has 1 aliphatic heterocycles. The van der Waals surface area contributed by atoms with Gasteiger partial charge in [-0.05, 0) is 67.6 Å². The molecule has 2 amide bonds. The van der Waals surface area contributed by atoms with E-state index in [1.807, 2.05) is 31.2 Å². The van der Waals surface area contributed by atoms with Crippen LogP contribution >= 0.6 is 0 Å². The summed E-state index contributed by atoms with van der Waals surface area (Å²) in [4.78, 5) is 24.6. The van der Waals surface area contributed by atoms with Crippen LogP contribution in [0.4, 0.5) is 14.9 Å². The Morgan fingerprint density at radius 1 is 1.12 bits per heavy atom. The number of hydrogen-bond donors (Lipinski definition) is 1. The molecule has 1 aliphatic rings. The van der Waals surface area contributed by atoms with Crippen molar-refractivity contribution in [1.82, 2.24) is 5.32 Å². The molecule has 4 rings (SSSR count). The van der Waals surface area contributed by atoms with E-state index in [2.05, 4.69) is 18.3 Å². The molecule has 34 heavy (non-hydrogen) atoms. The van der Waals surface area contributed by atoms with Crippen molar-refractivity contribution >= 4 is 17.7 Å². The van der Waals surface area contributed by atoms with Crippen molar-refractivity contribution in [3.05, 3.63) is 77.0 Å². The fourth-order valence-corrected chi connectivity index (χ4v) is 4.09. The van der Waals surface area contributed by atoms with Gasteiger partial charge < -0.3 is 14.5 Å². The zero-order valence-corrected chi connectivity index (χ0v) is 19.7. The van der Waals surface area contributed by atoms with Gasteiger partial charge in [0, 0.05) is 18.9 Å². The molecule has 1 saturated heterocycles. The Balaban J connectivity index is 1.37. The van der Waals surface area contributed by atoms with Crippen molar-refractivity contribution in [3.8, 4) is 11.1 Å². The molecule has 3 aromatic rings. The number of cyclic esters (lactones) is 1. The van der Waals surface area contributed by atoms with Crippen LogP contribution in [0.3, 0.4) is 0 Å². The van der Waals surface area contributed by atoms with Crippen molar-refractivity contribution < 1.29 is 23.1 Å². The number of nitrogens with zero attached hydrogens (tertiary/aromatic N) is 1. The van der Waals surface area contributed by atoms with Crippen molar-refractivity contribution in [3.63, 3.8) is 0 Å². The largest absolute Gasteiger partial charge is 0.466 e. The number of rotatable bonds is 8. The van der Waals surface area contributed by atoms with Crippen LogP contribution in [0.2, 0.25) is 0 Å². The zero-order chi connectivity index (χ0) is 24.2. The van der Waals surface area contributed by atoms with E-state index in [-0.39, 0.29) is 19.0 Å². The first-order valence-electron chi connectivity index (χ1n) is 11.5. The number of carbonyl (C=O) groups is 2. The molecule has 1 N–H and O–H groups in total. The Labute approximate surface area is 198 Å². The second-order valence-electron chi connectivity index (χ2n) is 8.72. The third-order valence-electron chi connectivity index (χ3n) is 6.09. The van der Waals surface area contributed by atoms with Crippen molar-refractivity contribution in [2.24, 2.45) is 0 Å². The fourth-order valence-electron chi connectivity index (χ4n) is 4.09. The van der Waals surface area contributed by atoms with Crippen molar-refractivity contribution in [2.45, 2.75) is 46.1 Å². The van der Waals surface area contributed by atoms with E-state index in [4.69, 9.17) is 9.15 Å². The first-order chi connectivity index (χ1) is 16.3. The van der Waals surface area contributed by atoms with Gasteiger partial charge in [0.15, 0.2) is 0 Å². The van der Waals surface area contributed by atoms with Gasteiger partial charge in [-0.25, -0.2) is 9.18 Å². The third-order valence-corrected chi connectivity index (χ3v) is 6.09. The van der Waals surface area contributed by atoms with E-state index in [1.54, 1.807) is 12.1 Å². The van der Waals surface area contributed by atoms with Gasteiger partial charge in [0.2, 0.25) is 5.91 Å². The lowest BCUT2D eigenvalue weighted by Gasteiger charge is -2.14. The normalized spacial score (nSPS) is 15.5. The number of benzene rings is 2. The van der Waals surface area contributed by atoms with E-state index >= 15 is 0 Å². The number of nitrogens with one attached hydrogen (secondary N) is 1. The third kappa shape index (κ3) is 5.47. The molecule has 2 aromatic carbocycles. The summed E-state index contributed by atoms with van der Waals surface area (Å²) in [5, 5.41) is 2.63. The molecule has 0 unspecified atom stereocenters. The highest BCUT2D eigenvalue weighted by Crippen LogP contribution is 2.29. The number of amides is 2. The fraction of sp³-hybridized carbons (Fsp3) is 0.333. The minimum atomic E-state index is -0.549. The number of halogens is 1. The van der Waals surface area contributed by atoms with Gasteiger partial charge in [0.1, 0.15) is 23.4 Å². The monoisotopic (exact) mass is 464 g/mol. The molecule has 1 atom stereocenters. The SMILES string of the molecule is CC(=O)NC[C@H]1CN(c2ccc(-c3ccc(CCCc4cc(C)c(C)o4)cc3)c(F)c2)C(=O)O1. The summed E-state index contributed by atoms with van der Waals surface area (Å²) in [7, 11) is 0. The number of hydrogen-bond acceptors (Lipinski definition) is 4. The Kier molecular flexibility index (Phi) is 7.01. The van der Waals surface area contributed by atoms with E-state index in [9.17, 15) is 14.0 Å². The van der Waals surface area contributed by atoms with Gasteiger partial charge in [0.25, 0.3) is 0 Å². The first-order valence-corrected chi connectivity index (χ1v) is 11.5.